The van der Waals surface area contributed by atoms with E-state index in [-0.39, 0.29) is 0 Å². The van der Waals surface area contributed by atoms with Crippen LogP contribution in [0.15, 0.2) is 5.16 Å². The van der Waals surface area contributed by atoms with E-state index in [9.17, 15) is 0 Å². The Hall–Kier alpha value is -0.850. The van der Waals surface area contributed by atoms with Crippen LogP contribution in [0.3, 0.4) is 0 Å². The first kappa shape index (κ1) is 15.1. The number of hydrogen-bond donors (Lipinski definition) is 1. The molecule has 0 aromatic carbocycles. The van der Waals surface area contributed by atoms with Crippen molar-refractivity contribution in [3.8, 4) is 0 Å². The van der Waals surface area contributed by atoms with Crippen molar-refractivity contribution in [2.24, 2.45) is 0 Å². The lowest BCUT2D eigenvalue weighted by Crippen LogP contribution is -2.21. The van der Waals surface area contributed by atoms with Crippen LogP contribution in [0.5, 0.6) is 0 Å². The fraction of sp³-hybridized carbons (Fsp3) is 0.600. The standard InChI is InChI=1S/C15H22N4S2/c1-19(2)9-8-16-14-13-12(17-15(18-14)20-3)10-6-4-5-7-11(10)21-13/h4-9H2,1-3H3,(H,16,17,18). The quantitative estimate of drug-likeness (QED) is 0.676. The second kappa shape index (κ2) is 6.50. The largest absolute Gasteiger partial charge is 0.367 e. The molecule has 0 unspecified atom stereocenters. The van der Waals surface area contributed by atoms with E-state index in [0.29, 0.717) is 0 Å². The lowest BCUT2D eigenvalue weighted by molar-refractivity contribution is 0.425. The molecule has 1 N–H and O–H groups in total. The summed E-state index contributed by atoms with van der Waals surface area (Å²) in [4.78, 5) is 13.2. The van der Waals surface area contributed by atoms with Gasteiger partial charge in [-0.25, -0.2) is 9.97 Å². The first-order valence-electron chi connectivity index (χ1n) is 7.44. The molecule has 4 nitrogen and oxygen atoms in total. The number of likely N-dealkylation sites (N-methyl/N-ethyl adjacent to an activating group) is 1. The fourth-order valence-electron chi connectivity index (χ4n) is 2.70. The van der Waals surface area contributed by atoms with E-state index >= 15 is 0 Å². The highest BCUT2D eigenvalue weighted by Gasteiger charge is 2.20. The van der Waals surface area contributed by atoms with Crippen molar-refractivity contribution < 1.29 is 0 Å². The van der Waals surface area contributed by atoms with Gasteiger partial charge < -0.3 is 10.2 Å². The molecule has 0 aliphatic heterocycles. The van der Waals surface area contributed by atoms with E-state index in [1.165, 1.54) is 46.3 Å². The van der Waals surface area contributed by atoms with Gasteiger partial charge in [-0.3, -0.25) is 0 Å². The van der Waals surface area contributed by atoms with Crippen molar-refractivity contribution in [3.63, 3.8) is 0 Å². The molecule has 114 valence electrons. The summed E-state index contributed by atoms with van der Waals surface area (Å²) in [7, 11) is 4.18. The number of nitrogens with zero attached hydrogens (tertiary/aromatic N) is 3. The third-order valence-corrected chi connectivity index (χ3v) is 5.64. The van der Waals surface area contributed by atoms with E-state index in [1.807, 2.05) is 17.6 Å². The van der Waals surface area contributed by atoms with Crippen LogP contribution in [0.4, 0.5) is 5.82 Å². The summed E-state index contributed by atoms with van der Waals surface area (Å²) in [5, 5.41) is 4.38. The fourth-order valence-corrected chi connectivity index (χ4v) is 4.36. The molecule has 6 heteroatoms. The minimum Gasteiger partial charge on any atom is -0.367 e. The van der Waals surface area contributed by atoms with Crippen LogP contribution in [0, 0.1) is 0 Å². The van der Waals surface area contributed by atoms with E-state index < -0.39 is 0 Å². The number of rotatable bonds is 5. The Morgan fingerprint density at radius 1 is 1.24 bits per heavy atom. The van der Waals surface area contributed by atoms with Crippen LogP contribution >= 0.6 is 23.1 Å². The number of thiophene rings is 1. The van der Waals surface area contributed by atoms with Crippen LogP contribution in [0.25, 0.3) is 10.2 Å². The van der Waals surface area contributed by atoms with Gasteiger partial charge in [0.15, 0.2) is 5.16 Å². The summed E-state index contributed by atoms with van der Waals surface area (Å²) in [6.45, 7) is 1.92. The van der Waals surface area contributed by atoms with Gasteiger partial charge in [0.25, 0.3) is 0 Å². The van der Waals surface area contributed by atoms with Crippen molar-refractivity contribution in [2.45, 2.75) is 30.8 Å². The number of nitrogens with one attached hydrogen (secondary N) is 1. The van der Waals surface area contributed by atoms with E-state index in [2.05, 4.69) is 24.3 Å². The summed E-state index contributed by atoms with van der Waals surface area (Å²) < 4.78 is 1.25. The average molecular weight is 323 g/mol. The lowest BCUT2D eigenvalue weighted by Gasteiger charge is -2.12. The molecule has 0 spiro atoms. The predicted octanol–water partition coefficient (Wildman–Crippen LogP) is 3.27. The van der Waals surface area contributed by atoms with Gasteiger partial charge in [0.2, 0.25) is 0 Å². The minimum absolute atomic E-state index is 0.876. The molecule has 3 rings (SSSR count). The maximum absolute atomic E-state index is 4.78. The van der Waals surface area contributed by atoms with Gasteiger partial charge in [0.05, 0.1) is 10.2 Å². The average Bonchev–Trinajstić information content (AvgIpc) is 2.85. The highest BCUT2D eigenvalue weighted by atomic mass is 32.2. The smallest absolute Gasteiger partial charge is 0.189 e. The summed E-state index contributed by atoms with van der Waals surface area (Å²) >= 11 is 3.52. The summed E-state index contributed by atoms with van der Waals surface area (Å²) in [6, 6.07) is 0. The summed E-state index contributed by atoms with van der Waals surface area (Å²) in [5.74, 6) is 1.02. The Bertz CT molecular complexity index is 636. The molecular formula is C15H22N4S2. The van der Waals surface area contributed by atoms with Gasteiger partial charge in [-0.1, -0.05) is 11.8 Å². The number of hydrogen-bond acceptors (Lipinski definition) is 6. The number of aryl methyl sites for hydroxylation is 2. The molecule has 2 heterocycles. The topological polar surface area (TPSA) is 41.1 Å². The van der Waals surface area contributed by atoms with Crippen molar-refractivity contribution in [2.75, 3.05) is 38.8 Å². The van der Waals surface area contributed by atoms with Crippen molar-refractivity contribution >= 4 is 39.1 Å². The van der Waals surface area contributed by atoms with Gasteiger partial charge in [0.1, 0.15) is 5.82 Å². The summed E-state index contributed by atoms with van der Waals surface area (Å²) in [5.41, 5.74) is 2.68. The third kappa shape index (κ3) is 3.17. The van der Waals surface area contributed by atoms with Crippen molar-refractivity contribution in [3.05, 3.63) is 10.4 Å². The van der Waals surface area contributed by atoms with E-state index in [4.69, 9.17) is 9.97 Å². The molecule has 21 heavy (non-hydrogen) atoms. The first-order chi connectivity index (χ1) is 10.2. The molecule has 0 bridgehead atoms. The molecule has 1 aliphatic carbocycles. The van der Waals surface area contributed by atoms with Gasteiger partial charge in [-0.05, 0) is 51.6 Å². The van der Waals surface area contributed by atoms with Crippen LogP contribution < -0.4 is 5.32 Å². The number of thioether (sulfide) groups is 1. The highest BCUT2D eigenvalue weighted by molar-refractivity contribution is 7.98. The zero-order valence-electron chi connectivity index (χ0n) is 12.9. The van der Waals surface area contributed by atoms with Gasteiger partial charge in [0, 0.05) is 18.0 Å². The lowest BCUT2D eigenvalue weighted by atomic mass is 9.98. The summed E-state index contributed by atoms with van der Waals surface area (Å²) in [6.07, 6.45) is 7.04. The molecule has 0 amide bonds. The second-order valence-corrected chi connectivity index (χ2v) is 7.56. The number of fused-ring (bicyclic) bond motifs is 3. The van der Waals surface area contributed by atoms with Crippen LogP contribution in [0.2, 0.25) is 0 Å². The maximum atomic E-state index is 4.78. The maximum Gasteiger partial charge on any atom is 0.189 e. The molecule has 2 aromatic rings. The Morgan fingerprint density at radius 2 is 2.05 bits per heavy atom. The highest BCUT2D eigenvalue weighted by Crippen LogP contribution is 2.39. The van der Waals surface area contributed by atoms with Crippen LogP contribution in [-0.2, 0) is 12.8 Å². The number of anilines is 1. The monoisotopic (exact) mass is 322 g/mol. The van der Waals surface area contributed by atoms with Gasteiger partial charge in [-0.15, -0.1) is 11.3 Å². The molecule has 0 atom stereocenters. The minimum atomic E-state index is 0.876. The van der Waals surface area contributed by atoms with Crippen LogP contribution in [-0.4, -0.2) is 48.3 Å². The molecular weight excluding hydrogens is 300 g/mol. The SMILES string of the molecule is CSc1nc(NCCN(C)C)c2sc3c(c2n1)CCCC3. The second-order valence-electron chi connectivity index (χ2n) is 5.68. The Balaban J connectivity index is 1.99. The normalized spacial score (nSPS) is 14.7. The zero-order chi connectivity index (χ0) is 14.8. The third-order valence-electron chi connectivity index (χ3n) is 3.81. The van der Waals surface area contributed by atoms with Crippen molar-refractivity contribution in [1.29, 1.82) is 0 Å². The Kier molecular flexibility index (Phi) is 4.66. The van der Waals surface area contributed by atoms with E-state index in [1.54, 1.807) is 11.8 Å². The predicted molar refractivity (Wildman–Crippen MR) is 92.9 cm³/mol. The zero-order valence-corrected chi connectivity index (χ0v) is 14.5. The van der Waals surface area contributed by atoms with Crippen molar-refractivity contribution in [1.82, 2.24) is 14.9 Å². The molecule has 0 saturated heterocycles. The first-order valence-corrected chi connectivity index (χ1v) is 9.48. The Morgan fingerprint density at radius 3 is 2.81 bits per heavy atom. The van der Waals surface area contributed by atoms with E-state index in [0.717, 1.165) is 24.1 Å². The number of aromatic nitrogens is 2. The molecule has 0 saturated carbocycles. The van der Waals surface area contributed by atoms with Gasteiger partial charge >= 0.3 is 0 Å². The molecule has 0 fully saturated rings. The molecule has 0 radical (unpaired) electrons. The van der Waals surface area contributed by atoms with Gasteiger partial charge in [-0.2, -0.15) is 0 Å². The Labute approximate surface area is 134 Å². The molecule has 1 aliphatic rings. The van der Waals surface area contributed by atoms with Crippen LogP contribution in [0.1, 0.15) is 23.3 Å². The molecule has 2 aromatic heterocycles.